The van der Waals surface area contributed by atoms with Crippen molar-refractivity contribution in [2.24, 2.45) is 5.92 Å². The summed E-state index contributed by atoms with van der Waals surface area (Å²) in [6, 6.07) is 0. The van der Waals surface area contributed by atoms with Gasteiger partial charge in [0.05, 0.1) is 12.7 Å². The molecule has 0 saturated carbocycles. The Labute approximate surface area is 95.6 Å². The van der Waals surface area contributed by atoms with Gasteiger partial charge in [-0.2, -0.15) is 0 Å². The fraction of sp³-hybridized carbons (Fsp3) is 0.750. The highest BCUT2D eigenvalue weighted by Gasteiger charge is 2.47. The molecule has 4 heteroatoms. The molecular formula is C12H18O4. The van der Waals surface area contributed by atoms with E-state index in [1.807, 2.05) is 26.0 Å². The zero-order valence-corrected chi connectivity index (χ0v) is 9.93. The van der Waals surface area contributed by atoms with E-state index in [9.17, 15) is 4.79 Å². The van der Waals surface area contributed by atoms with Crippen LogP contribution in [0.3, 0.4) is 0 Å². The van der Waals surface area contributed by atoms with E-state index >= 15 is 0 Å². The molecule has 0 bridgehead atoms. The standard InChI is InChI=1S/C12H18O4/c1-4-14-11(13)8-6-5-7-9-10(8)16-12(2,3)15-9/h5-6,8-10H,4,7H2,1-3H3/t8-,9+,10-/m1/s1. The highest BCUT2D eigenvalue weighted by Crippen LogP contribution is 2.37. The lowest BCUT2D eigenvalue weighted by Crippen LogP contribution is -2.38. The van der Waals surface area contributed by atoms with Gasteiger partial charge in [0, 0.05) is 0 Å². The Bertz CT molecular complexity index is 308. The minimum atomic E-state index is -0.605. The molecule has 3 atom stereocenters. The minimum Gasteiger partial charge on any atom is -0.465 e. The Morgan fingerprint density at radius 2 is 2.25 bits per heavy atom. The van der Waals surface area contributed by atoms with Crippen molar-refractivity contribution in [2.45, 2.75) is 45.2 Å². The van der Waals surface area contributed by atoms with Gasteiger partial charge in [-0.25, -0.2) is 0 Å². The third-order valence-electron chi connectivity index (χ3n) is 2.85. The summed E-state index contributed by atoms with van der Waals surface area (Å²) in [4.78, 5) is 11.7. The molecule has 1 aliphatic carbocycles. The van der Waals surface area contributed by atoms with Crippen LogP contribution in [0.15, 0.2) is 12.2 Å². The molecule has 0 N–H and O–H groups in total. The van der Waals surface area contributed by atoms with Gasteiger partial charge in [-0.15, -0.1) is 0 Å². The van der Waals surface area contributed by atoms with Gasteiger partial charge in [-0.05, 0) is 27.2 Å². The molecular weight excluding hydrogens is 208 g/mol. The van der Waals surface area contributed by atoms with Gasteiger partial charge in [0.1, 0.15) is 12.0 Å². The number of esters is 1. The first-order chi connectivity index (χ1) is 7.53. The van der Waals surface area contributed by atoms with Crippen molar-refractivity contribution in [1.82, 2.24) is 0 Å². The van der Waals surface area contributed by atoms with E-state index in [1.54, 1.807) is 6.92 Å². The number of hydrogen-bond donors (Lipinski definition) is 0. The molecule has 4 nitrogen and oxygen atoms in total. The maximum Gasteiger partial charge on any atom is 0.315 e. The number of carbonyl (C=O) groups excluding carboxylic acids is 1. The van der Waals surface area contributed by atoms with Crippen LogP contribution in [-0.2, 0) is 19.0 Å². The Morgan fingerprint density at radius 3 is 2.94 bits per heavy atom. The topological polar surface area (TPSA) is 44.8 Å². The van der Waals surface area contributed by atoms with Gasteiger partial charge >= 0.3 is 5.97 Å². The first-order valence-corrected chi connectivity index (χ1v) is 5.72. The molecule has 2 rings (SSSR count). The van der Waals surface area contributed by atoms with E-state index < -0.39 is 5.79 Å². The highest BCUT2D eigenvalue weighted by molar-refractivity contribution is 5.75. The second kappa shape index (κ2) is 4.18. The second-order valence-electron chi connectivity index (χ2n) is 4.58. The molecule has 2 aliphatic rings. The maximum atomic E-state index is 11.7. The Kier molecular flexibility index (Phi) is 3.04. The van der Waals surface area contributed by atoms with Crippen molar-refractivity contribution in [1.29, 1.82) is 0 Å². The fourth-order valence-corrected chi connectivity index (χ4v) is 2.27. The van der Waals surface area contributed by atoms with E-state index in [4.69, 9.17) is 14.2 Å². The fourth-order valence-electron chi connectivity index (χ4n) is 2.27. The van der Waals surface area contributed by atoms with E-state index in [-0.39, 0.29) is 24.1 Å². The van der Waals surface area contributed by atoms with Crippen LogP contribution in [0.5, 0.6) is 0 Å². The molecule has 90 valence electrons. The molecule has 0 unspecified atom stereocenters. The zero-order chi connectivity index (χ0) is 11.8. The van der Waals surface area contributed by atoms with Crippen LogP contribution in [0.2, 0.25) is 0 Å². The molecule has 0 aromatic heterocycles. The average molecular weight is 226 g/mol. The molecule has 16 heavy (non-hydrogen) atoms. The summed E-state index contributed by atoms with van der Waals surface area (Å²) in [5.41, 5.74) is 0. The van der Waals surface area contributed by atoms with Gasteiger partial charge in [-0.1, -0.05) is 12.2 Å². The predicted octanol–water partition coefficient (Wildman–Crippen LogP) is 1.65. The molecule has 0 spiro atoms. The molecule has 0 aromatic rings. The molecule has 1 aliphatic heterocycles. The van der Waals surface area contributed by atoms with Gasteiger partial charge in [0.15, 0.2) is 5.79 Å². The third kappa shape index (κ3) is 2.13. The van der Waals surface area contributed by atoms with Crippen molar-refractivity contribution >= 4 is 5.97 Å². The van der Waals surface area contributed by atoms with E-state index in [0.29, 0.717) is 6.61 Å². The average Bonchev–Trinajstić information content (AvgIpc) is 2.51. The Morgan fingerprint density at radius 1 is 1.50 bits per heavy atom. The number of rotatable bonds is 2. The lowest BCUT2D eigenvalue weighted by Gasteiger charge is -2.25. The Balaban J connectivity index is 2.12. The minimum absolute atomic E-state index is 0.0330. The summed E-state index contributed by atoms with van der Waals surface area (Å²) in [5, 5.41) is 0. The quantitative estimate of drug-likeness (QED) is 0.530. The van der Waals surface area contributed by atoms with Crippen LogP contribution in [0.4, 0.5) is 0 Å². The van der Waals surface area contributed by atoms with Gasteiger partial charge in [0.25, 0.3) is 0 Å². The SMILES string of the molecule is CCOC(=O)[C@@H]1C=CC[C@@H]2OC(C)(C)O[C@@H]21. The molecule has 1 saturated heterocycles. The van der Waals surface area contributed by atoms with Crippen LogP contribution in [-0.4, -0.2) is 30.6 Å². The molecule has 0 aromatic carbocycles. The number of fused-ring (bicyclic) bond motifs is 1. The predicted molar refractivity (Wildman–Crippen MR) is 57.7 cm³/mol. The van der Waals surface area contributed by atoms with Crippen molar-refractivity contribution in [3.05, 3.63) is 12.2 Å². The summed E-state index contributed by atoms with van der Waals surface area (Å²) in [7, 11) is 0. The molecule has 0 amide bonds. The van der Waals surface area contributed by atoms with Gasteiger partial charge < -0.3 is 14.2 Å². The van der Waals surface area contributed by atoms with E-state index in [1.165, 1.54) is 0 Å². The lowest BCUT2D eigenvalue weighted by atomic mass is 9.90. The van der Waals surface area contributed by atoms with Crippen molar-refractivity contribution in [3.8, 4) is 0 Å². The van der Waals surface area contributed by atoms with Crippen molar-refractivity contribution in [2.75, 3.05) is 6.61 Å². The van der Waals surface area contributed by atoms with Crippen LogP contribution >= 0.6 is 0 Å². The summed E-state index contributed by atoms with van der Waals surface area (Å²) >= 11 is 0. The third-order valence-corrected chi connectivity index (χ3v) is 2.85. The van der Waals surface area contributed by atoms with Crippen LogP contribution in [0.25, 0.3) is 0 Å². The zero-order valence-electron chi connectivity index (χ0n) is 9.93. The number of hydrogen-bond acceptors (Lipinski definition) is 4. The first-order valence-electron chi connectivity index (χ1n) is 5.72. The van der Waals surface area contributed by atoms with E-state index in [0.717, 1.165) is 6.42 Å². The first kappa shape index (κ1) is 11.6. The van der Waals surface area contributed by atoms with Crippen molar-refractivity contribution in [3.63, 3.8) is 0 Å². The highest BCUT2D eigenvalue weighted by atomic mass is 16.8. The largest absolute Gasteiger partial charge is 0.465 e. The Hall–Kier alpha value is -0.870. The smallest absolute Gasteiger partial charge is 0.315 e. The van der Waals surface area contributed by atoms with E-state index in [2.05, 4.69) is 0 Å². The molecule has 1 heterocycles. The lowest BCUT2D eigenvalue weighted by molar-refractivity contribution is -0.160. The van der Waals surface area contributed by atoms with Crippen LogP contribution in [0.1, 0.15) is 27.2 Å². The summed E-state index contributed by atoms with van der Waals surface area (Å²) in [6.45, 7) is 5.93. The van der Waals surface area contributed by atoms with Gasteiger partial charge in [0.2, 0.25) is 0 Å². The summed E-state index contributed by atoms with van der Waals surface area (Å²) in [5.74, 6) is -1.17. The monoisotopic (exact) mass is 226 g/mol. The van der Waals surface area contributed by atoms with Gasteiger partial charge in [-0.3, -0.25) is 4.79 Å². The normalized spacial score (nSPS) is 35.8. The number of carbonyl (C=O) groups is 1. The van der Waals surface area contributed by atoms with Crippen LogP contribution in [0, 0.1) is 5.92 Å². The van der Waals surface area contributed by atoms with Crippen molar-refractivity contribution < 1.29 is 19.0 Å². The number of ether oxygens (including phenoxy) is 3. The summed E-state index contributed by atoms with van der Waals surface area (Å²) in [6.07, 6.45) is 4.38. The summed E-state index contributed by atoms with van der Waals surface area (Å²) < 4.78 is 16.5. The molecule has 0 radical (unpaired) electrons. The van der Waals surface area contributed by atoms with Crippen LogP contribution < -0.4 is 0 Å². The second-order valence-corrected chi connectivity index (χ2v) is 4.58. The molecule has 1 fully saturated rings. The maximum absolute atomic E-state index is 11.7.